The lowest BCUT2D eigenvalue weighted by Crippen LogP contribution is -2.35. The molecule has 0 aliphatic rings. The summed E-state index contributed by atoms with van der Waals surface area (Å²) in [5.74, 6) is -0.501. The molecule has 3 nitrogen and oxygen atoms in total. The number of carboxylic acid groups (broad SMARTS) is 1. The second-order valence-electron chi connectivity index (χ2n) is 4.78. The zero-order valence-electron chi connectivity index (χ0n) is 10.3. The van der Waals surface area contributed by atoms with E-state index in [4.69, 9.17) is 5.11 Å². The molecule has 0 fully saturated rings. The van der Waals surface area contributed by atoms with E-state index < -0.39 is 5.97 Å². The van der Waals surface area contributed by atoms with Crippen LogP contribution < -0.4 is 0 Å². The Bertz CT molecular complexity index is 224. The van der Waals surface area contributed by atoms with Crippen LogP contribution in [0.3, 0.4) is 0 Å². The van der Waals surface area contributed by atoms with E-state index in [1.807, 2.05) is 6.92 Å². The fourth-order valence-electron chi connectivity index (χ4n) is 1.57. The molecule has 0 saturated carbocycles. The Kier molecular flexibility index (Phi) is 6.25. The predicted molar refractivity (Wildman–Crippen MR) is 62.9 cm³/mol. The quantitative estimate of drug-likeness (QED) is 0.659. The molecule has 0 spiro atoms. The lowest BCUT2D eigenvalue weighted by Gasteiger charge is -2.25. The maximum absolute atomic E-state index is 10.8. The van der Waals surface area contributed by atoms with Gasteiger partial charge >= 0.3 is 5.97 Å². The summed E-state index contributed by atoms with van der Waals surface area (Å²) in [6, 6.07) is 0. The van der Waals surface area contributed by atoms with Gasteiger partial charge in [0, 0.05) is 19.6 Å². The van der Waals surface area contributed by atoms with Crippen molar-refractivity contribution < 1.29 is 9.90 Å². The van der Waals surface area contributed by atoms with Crippen molar-refractivity contribution >= 4 is 5.97 Å². The van der Waals surface area contributed by atoms with Gasteiger partial charge in [-0.3, -0.25) is 9.69 Å². The van der Waals surface area contributed by atoms with Crippen LogP contribution in [-0.2, 0) is 4.79 Å². The van der Waals surface area contributed by atoms with Gasteiger partial charge in [-0.15, -0.1) is 0 Å². The summed E-state index contributed by atoms with van der Waals surface area (Å²) in [6.45, 7) is 14.2. The van der Waals surface area contributed by atoms with Gasteiger partial charge in [-0.25, -0.2) is 0 Å². The minimum absolute atomic E-state index is 0.317. The average molecular weight is 213 g/mol. The van der Waals surface area contributed by atoms with Gasteiger partial charge in [0.2, 0.25) is 0 Å². The van der Waals surface area contributed by atoms with E-state index in [-0.39, 0.29) is 5.92 Å². The van der Waals surface area contributed by atoms with Crippen molar-refractivity contribution in [2.24, 2.45) is 11.8 Å². The molecule has 1 unspecified atom stereocenters. The Labute approximate surface area is 92.8 Å². The van der Waals surface area contributed by atoms with Gasteiger partial charge in [0.15, 0.2) is 0 Å². The molecule has 1 atom stereocenters. The molecule has 0 aromatic heterocycles. The average Bonchev–Trinajstić information content (AvgIpc) is 2.00. The molecule has 0 heterocycles. The Hall–Kier alpha value is -0.830. The molecule has 88 valence electrons. The van der Waals surface area contributed by atoms with Gasteiger partial charge in [-0.1, -0.05) is 32.9 Å². The standard InChI is InChI=1S/C12H23NO2/c1-9(2)6-13(7-10(3)4)8-11(5)12(14)15/h10-11H,1,6-8H2,2-5H3,(H,14,15). The van der Waals surface area contributed by atoms with Crippen LogP contribution in [0, 0.1) is 11.8 Å². The van der Waals surface area contributed by atoms with E-state index in [1.165, 1.54) is 0 Å². The zero-order chi connectivity index (χ0) is 12.0. The number of carbonyl (C=O) groups is 1. The zero-order valence-corrected chi connectivity index (χ0v) is 10.3. The van der Waals surface area contributed by atoms with E-state index in [0.29, 0.717) is 12.5 Å². The number of hydrogen-bond donors (Lipinski definition) is 1. The van der Waals surface area contributed by atoms with Gasteiger partial charge in [-0.05, 0) is 12.8 Å². The van der Waals surface area contributed by atoms with E-state index in [2.05, 4.69) is 25.3 Å². The highest BCUT2D eigenvalue weighted by Gasteiger charge is 2.16. The summed E-state index contributed by atoms with van der Waals surface area (Å²) in [6.07, 6.45) is 0. The van der Waals surface area contributed by atoms with E-state index in [1.54, 1.807) is 6.92 Å². The van der Waals surface area contributed by atoms with Crippen LogP contribution in [0.15, 0.2) is 12.2 Å². The lowest BCUT2D eigenvalue weighted by atomic mass is 10.1. The maximum Gasteiger partial charge on any atom is 0.307 e. The molecule has 1 N–H and O–H groups in total. The van der Waals surface area contributed by atoms with E-state index in [9.17, 15) is 4.79 Å². The van der Waals surface area contributed by atoms with Crippen molar-refractivity contribution in [3.05, 3.63) is 12.2 Å². The lowest BCUT2D eigenvalue weighted by molar-refractivity contribution is -0.141. The first kappa shape index (κ1) is 14.2. The van der Waals surface area contributed by atoms with Gasteiger partial charge in [-0.2, -0.15) is 0 Å². The third-order valence-electron chi connectivity index (χ3n) is 2.07. The van der Waals surface area contributed by atoms with Crippen molar-refractivity contribution in [1.29, 1.82) is 0 Å². The highest BCUT2D eigenvalue weighted by Crippen LogP contribution is 2.06. The summed E-state index contributed by atoms with van der Waals surface area (Å²) in [7, 11) is 0. The van der Waals surface area contributed by atoms with Gasteiger partial charge in [0.05, 0.1) is 5.92 Å². The topological polar surface area (TPSA) is 40.5 Å². The van der Waals surface area contributed by atoms with Crippen LogP contribution in [0.25, 0.3) is 0 Å². The van der Waals surface area contributed by atoms with Gasteiger partial charge < -0.3 is 5.11 Å². The maximum atomic E-state index is 10.8. The minimum Gasteiger partial charge on any atom is -0.481 e. The van der Waals surface area contributed by atoms with Crippen LogP contribution in [0.1, 0.15) is 27.7 Å². The molecule has 0 saturated heterocycles. The number of aliphatic carboxylic acids is 1. The van der Waals surface area contributed by atoms with Gasteiger partial charge in [0.25, 0.3) is 0 Å². The predicted octanol–water partition coefficient (Wildman–Crippen LogP) is 2.24. The van der Waals surface area contributed by atoms with Crippen LogP contribution in [0.4, 0.5) is 0 Å². The summed E-state index contributed by atoms with van der Waals surface area (Å²) in [5.41, 5.74) is 1.08. The summed E-state index contributed by atoms with van der Waals surface area (Å²) >= 11 is 0. The fraction of sp³-hybridized carbons (Fsp3) is 0.750. The van der Waals surface area contributed by atoms with E-state index in [0.717, 1.165) is 18.7 Å². The molecule has 0 aromatic rings. The second kappa shape index (κ2) is 6.62. The summed E-state index contributed by atoms with van der Waals surface area (Å²) in [4.78, 5) is 12.9. The first-order chi connectivity index (χ1) is 6.82. The molecule has 0 aliphatic heterocycles. The Morgan fingerprint density at radius 1 is 1.33 bits per heavy atom. The van der Waals surface area contributed by atoms with Crippen LogP contribution in [0.2, 0.25) is 0 Å². The molecule has 0 rings (SSSR count). The van der Waals surface area contributed by atoms with Crippen molar-refractivity contribution in [2.75, 3.05) is 19.6 Å². The van der Waals surface area contributed by atoms with Crippen molar-refractivity contribution in [3.8, 4) is 0 Å². The Balaban J connectivity index is 4.23. The minimum atomic E-state index is -0.731. The van der Waals surface area contributed by atoms with Gasteiger partial charge in [0.1, 0.15) is 0 Å². The van der Waals surface area contributed by atoms with Crippen LogP contribution in [-0.4, -0.2) is 35.6 Å². The molecule has 15 heavy (non-hydrogen) atoms. The Morgan fingerprint density at radius 2 is 1.87 bits per heavy atom. The first-order valence-electron chi connectivity index (χ1n) is 5.42. The van der Waals surface area contributed by atoms with Crippen molar-refractivity contribution in [3.63, 3.8) is 0 Å². The van der Waals surface area contributed by atoms with E-state index >= 15 is 0 Å². The second-order valence-corrected chi connectivity index (χ2v) is 4.78. The SMILES string of the molecule is C=C(C)CN(CC(C)C)CC(C)C(=O)O. The van der Waals surface area contributed by atoms with Crippen molar-refractivity contribution in [2.45, 2.75) is 27.7 Å². The number of hydrogen-bond acceptors (Lipinski definition) is 2. The monoisotopic (exact) mass is 213 g/mol. The largest absolute Gasteiger partial charge is 0.481 e. The molecule has 0 aliphatic carbocycles. The number of rotatable bonds is 7. The molecule has 0 bridgehead atoms. The molecule has 3 heteroatoms. The molecule has 0 radical (unpaired) electrons. The smallest absolute Gasteiger partial charge is 0.307 e. The number of carboxylic acids is 1. The molecule has 0 aromatic carbocycles. The number of nitrogens with zero attached hydrogens (tertiary/aromatic N) is 1. The summed E-state index contributed by atoms with van der Waals surface area (Å²) in [5, 5.41) is 8.85. The molecule has 0 amide bonds. The molecular formula is C12H23NO2. The third kappa shape index (κ3) is 7.14. The van der Waals surface area contributed by atoms with Crippen LogP contribution >= 0.6 is 0 Å². The highest BCUT2D eigenvalue weighted by molar-refractivity contribution is 5.69. The highest BCUT2D eigenvalue weighted by atomic mass is 16.4. The summed E-state index contributed by atoms with van der Waals surface area (Å²) < 4.78 is 0. The third-order valence-corrected chi connectivity index (χ3v) is 2.07. The fourth-order valence-corrected chi connectivity index (χ4v) is 1.57. The Morgan fingerprint density at radius 3 is 2.20 bits per heavy atom. The normalized spacial score (nSPS) is 13.2. The van der Waals surface area contributed by atoms with Crippen LogP contribution in [0.5, 0.6) is 0 Å². The van der Waals surface area contributed by atoms with Crippen molar-refractivity contribution in [1.82, 2.24) is 4.90 Å². The molecular weight excluding hydrogens is 190 g/mol. The first-order valence-corrected chi connectivity index (χ1v) is 5.42.